The molecule has 3 heteroatoms. The van der Waals surface area contributed by atoms with Gasteiger partial charge < -0.3 is 9.47 Å². The van der Waals surface area contributed by atoms with Crippen LogP contribution in [0.1, 0.15) is 5.56 Å². The zero-order valence-corrected chi connectivity index (χ0v) is 8.41. The van der Waals surface area contributed by atoms with Gasteiger partial charge in [0.2, 0.25) is 6.79 Å². The van der Waals surface area contributed by atoms with Crippen LogP contribution in [-0.4, -0.2) is 12.2 Å². The van der Waals surface area contributed by atoms with Crippen molar-refractivity contribution in [2.45, 2.75) is 11.8 Å². The summed E-state index contributed by atoms with van der Waals surface area (Å²) in [7, 11) is 0. The second kappa shape index (κ2) is 4.38. The molecule has 0 N–H and O–H groups in total. The van der Waals surface area contributed by atoms with Crippen molar-refractivity contribution < 1.29 is 9.47 Å². The molecule has 1 atom stereocenters. The van der Waals surface area contributed by atoms with Gasteiger partial charge in [-0.3, -0.25) is 0 Å². The lowest BCUT2D eigenvalue weighted by Gasteiger charge is -2.08. The molecule has 0 aromatic heterocycles. The summed E-state index contributed by atoms with van der Waals surface area (Å²) in [6.07, 6.45) is 2.35. The van der Waals surface area contributed by atoms with Crippen LogP contribution in [0.3, 0.4) is 0 Å². The third-order valence-electron chi connectivity index (χ3n) is 2.06. The van der Waals surface area contributed by atoms with Crippen LogP contribution < -0.4 is 0 Å². The summed E-state index contributed by atoms with van der Waals surface area (Å²) in [5, 5.41) is -0.139. The second-order valence-corrected chi connectivity index (χ2v) is 3.63. The number of benzene rings is 1. The van der Waals surface area contributed by atoms with E-state index in [4.69, 9.17) is 21.1 Å². The zero-order chi connectivity index (χ0) is 9.80. The number of halogens is 1. The highest BCUT2D eigenvalue weighted by Gasteiger charge is 2.17. The second-order valence-electron chi connectivity index (χ2n) is 3.11. The first kappa shape index (κ1) is 9.41. The standard InChI is InChI=1S/C11H11ClO2/c12-10(11-7-13-8-14-11)6-9-4-2-1-3-5-9/h1-5,7,10H,6,8H2. The molecule has 1 aliphatic rings. The molecular weight excluding hydrogens is 200 g/mol. The highest BCUT2D eigenvalue weighted by Crippen LogP contribution is 2.20. The zero-order valence-electron chi connectivity index (χ0n) is 7.65. The van der Waals surface area contributed by atoms with E-state index < -0.39 is 0 Å². The van der Waals surface area contributed by atoms with E-state index in [1.165, 1.54) is 5.56 Å². The van der Waals surface area contributed by atoms with Crippen LogP contribution in [0.25, 0.3) is 0 Å². The quantitative estimate of drug-likeness (QED) is 0.715. The van der Waals surface area contributed by atoms with E-state index in [1.54, 1.807) is 6.26 Å². The summed E-state index contributed by atoms with van der Waals surface area (Å²) in [6.45, 7) is 0.285. The van der Waals surface area contributed by atoms with Gasteiger partial charge in [-0.25, -0.2) is 0 Å². The molecule has 0 amide bonds. The third kappa shape index (κ3) is 2.20. The van der Waals surface area contributed by atoms with E-state index in [2.05, 4.69) is 0 Å². The van der Waals surface area contributed by atoms with Crippen LogP contribution in [-0.2, 0) is 15.9 Å². The molecular formula is C11H11ClO2. The Morgan fingerprint density at radius 3 is 2.71 bits per heavy atom. The SMILES string of the molecule is ClC(Cc1ccccc1)C1=COCO1. The first-order valence-corrected chi connectivity index (χ1v) is 4.92. The van der Waals surface area contributed by atoms with Crippen LogP contribution in [0, 0.1) is 0 Å². The maximum atomic E-state index is 6.15. The highest BCUT2D eigenvalue weighted by atomic mass is 35.5. The molecule has 0 spiro atoms. The molecule has 74 valence electrons. The van der Waals surface area contributed by atoms with Gasteiger partial charge in [-0.05, 0) is 12.0 Å². The molecule has 1 heterocycles. The summed E-state index contributed by atoms with van der Waals surface area (Å²) >= 11 is 6.15. The molecule has 1 aromatic rings. The molecule has 0 fully saturated rings. The predicted molar refractivity (Wildman–Crippen MR) is 54.9 cm³/mol. The highest BCUT2D eigenvalue weighted by molar-refractivity contribution is 6.22. The summed E-state index contributed by atoms with van der Waals surface area (Å²) in [6, 6.07) is 10.1. The van der Waals surface area contributed by atoms with Crippen molar-refractivity contribution in [2.75, 3.05) is 6.79 Å². The number of rotatable bonds is 3. The van der Waals surface area contributed by atoms with E-state index in [9.17, 15) is 0 Å². The summed E-state index contributed by atoms with van der Waals surface area (Å²) in [5.74, 6) is 0.718. The average molecular weight is 211 g/mol. The molecule has 1 aliphatic heterocycles. The van der Waals surface area contributed by atoms with Crippen LogP contribution in [0.5, 0.6) is 0 Å². The van der Waals surface area contributed by atoms with E-state index in [1.807, 2.05) is 30.3 Å². The third-order valence-corrected chi connectivity index (χ3v) is 2.43. The van der Waals surface area contributed by atoms with Crippen LogP contribution in [0.15, 0.2) is 42.4 Å². The van der Waals surface area contributed by atoms with Crippen LogP contribution >= 0.6 is 11.6 Å². The van der Waals surface area contributed by atoms with Gasteiger partial charge in [0.05, 0.1) is 5.38 Å². The number of allylic oxidation sites excluding steroid dienone is 1. The van der Waals surface area contributed by atoms with E-state index >= 15 is 0 Å². The van der Waals surface area contributed by atoms with Gasteiger partial charge in [0.15, 0.2) is 5.76 Å². The Balaban J connectivity index is 1.97. The molecule has 0 bridgehead atoms. The first-order valence-electron chi connectivity index (χ1n) is 4.49. The smallest absolute Gasteiger partial charge is 0.229 e. The molecule has 2 nitrogen and oxygen atoms in total. The molecule has 0 saturated heterocycles. The Hall–Kier alpha value is -1.15. The van der Waals surface area contributed by atoms with Gasteiger partial charge in [0.25, 0.3) is 0 Å². The normalized spacial score (nSPS) is 16.8. The fourth-order valence-electron chi connectivity index (χ4n) is 1.34. The van der Waals surface area contributed by atoms with Gasteiger partial charge >= 0.3 is 0 Å². The molecule has 14 heavy (non-hydrogen) atoms. The molecule has 0 radical (unpaired) electrons. The van der Waals surface area contributed by atoms with E-state index in [0.29, 0.717) is 0 Å². The summed E-state index contributed by atoms with van der Waals surface area (Å²) in [5.41, 5.74) is 1.20. The van der Waals surface area contributed by atoms with Crippen molar-refractivity contribution in [3.8, 4) is 0 Å². The minimum absolute atomic E-state index is 0.139. The van der Waals surface area contributed by atoms with Crippen molar-refractivity contribution in [1.82, 2.24) is 0 Å². The predicted octanol–water partition coefficient (Wildman–Crippen LogP) is 2.68. The number of hydrogen-bond donors (Lipinski definition) is 0. The number of hydrogen-bond acceptors (Lipinski definition) is 2. The van der Waals surface area contributed by atoms with Crippen molar-refractivity contribution >= 4 is 11.6 Å². The Bertz CT molecular complexity index is 321. The van der Waals surface area contributed by atoms with Crippen molar-refractivity contribution in [1.29, 1.82) is 0 Å². The maximum Gasteiger partial charge on any atom is 0.229 e. The summed E-state index contributed by atoms with van der Waals surface area (Å²) in [4.78, 5) is 0. The lowest BCUT2D eigenvalue weighted by atomic mass is 10.1. The van der Waals surface area contributed by atoms with Crippen LogP contribution in [0.2, 0.25) is 0 Å². The lowest BCUT2D eigenvalue weighted by molar-refractivity contribution is 0.0784. The monoisotopic (exact) mass is 210 g/mol. The molecule has 2 rings (SSSR count). The largest absolute Gasteiger partial charge is 0.462 e. The Morgan fingerprint density at radius 2 is 2.07 bits per heavy atom. The molecule has 1 aromatic carbocycles. The van der Waals surface area contributed by atoms with Gasteiger partial charge in [-0.15, -0.1) is 11.6 Å². The maximum absolute atomic E-state index is 6.15. The van der Waals surface area contributed by atoms with Gasteiger partial charge in [-0.2, -0.15) is 0 Å². The first-order chi connectivity index (χ1) is 6.86. The minimum atomic E-state index is -0.139. The van der Waals surface area contributed by atoms with Crippen LogP contribution in [0.4, 0.5) is 0 Å². The number of alkyl halides is 1. The average Bonchev–Trinajstić information content (AvgIpc) is 2.72. The Kier molecular flexibility index (Phi) is 2.94. The van der Waals surface area contributed by atoms with E-state index in [-0.39, 0.29) is 12.2 Å². The lowest BCUT2D eigenvalue weighted by Crippen LogP contribution is -2.07. The molecule has 0 aliphatic carbocycles. The Labute approximate surface area is 88.1 Å². The van der Waals surface area contributed by atoms with Crippen molar-refractivity contribution in [3.05, 3.63) is 47.9 Å². The number of ether oxygens (including phenoxy) is 2. The fraction of sp³-hybridized carbons (Fsp3) is 0.273. The van der Waals surface area contributed by atoms with Gasteiger partial charge in [-0.1, -0.05) is 30.3 Å². The van der Waals surface area contributed by atoms with E-state index in [0.717, 1.165) is 12.2 Å². The molecule has 0 saturated carbocycles. The topological polar surface area (TPSA) is 18.5 Å². The van der Waals surface area contributed by atoms with Gasteiger partial charge in [0, 0.05) is 0 Å². The van der Waals surface area contributed by atoms with Crippen molar-refractivity contribution in [3.63, 3.8) is 0 Å². The minimum Gasteiger partial charge on any atom is -0.462 e. The fourth-order valence-corrected chi connectivity index (χ4v) is 1.63. The van der Waals surface area contributed by atoms with Gasteiger partial charge in [0.1, 0.15) is 6.26 Å². The Morgan fingerprint density at radius 1 is 1.29 bits per heavy atom. The summed E-state index contributed by atoms with van der Waals surface area (Å²) < 4.78 is 10.1. The van der Waals surface area contributed by atoms with Crippen molar-refractivity contribution in [2.24, 2.45) is 0 Å². The molecule has 1 unspecified atom stereocenters.